The standard InChI is InChI=1S/C24H45N3O4/c1-7-8-13-25-21(28)17-27-14-10-9-11-20(23(27)30)26-22(29)19(16-18(2)3)12-15-31-24(4,5)6/h18-20H,7-17H2,1-6H3,(H,25,28)(H,26,29)/t19?,20-/m0/s1. The van der Waals surface area contributed by atoms with Gasteiger partial charge < -0.3 is 20.3 Å². The van der Waals surface area contributed by atoms with Crippen LogP contribution in [0.1, 0.15) is 86.5 Å². The van der Waals surface area contributed by atoms with E-state index in [9.17, 15) is 14.4 Å². The topological polar surface area (TPSA) is 87.7 Å². The average molecular weight is 440 g/mol. The molecule has 0 aromatic carbocycles. The van der Waals surface area contributed by atoms with E-state index in [2.05, 4.69) is 31.4 Å². The van der Waals surface area contributed by atoms with Crippen molar-refractivity contribution in [2.75, 3.05) is 26.2 Å². The minimum Gasteiger partial charge on any atom is -0.376 e. The van der Waals surface area contributed by atoms with E-state index in [-0.39, 0.29) is 35.8 Å². The van der Waals surface area contributed by atoms with Gasteiger partial charge in [-0.15, -0.1) is 0 Å². The number of likely N-dealkylation sites (tertiary alicyclic amines) is 1. The number of hydrogen-bond donors (Lipinski definition) is 2. The Kier molecular flexibility index (Phi) is 12.1. The van der Waals surface area contributed by atoms with E-state index >= 15 is 0 Å². The van der Waals surface area contributed by atoms with Crippen molar-refractivity contribution in [2.24, 2.45) is 11.8 Å². The van der Waals surface area contributed by atoms with Crippen LogP contribution in [0.25, 0.3) is 0 Å². The monoisotopic (exact) mass is 439 g/mol. The molecule has 0 aromatic heterocycles. The maximum atomic E-state index is 13.0. The van der Waals surface area contributed by atoms with Crippen molar-refractivity contribution in [1.82, 2.24) is 15.5 Å². The Morgan fingerprint density at radius 3 is 2.55 bits per heavy atom. The average Bonchev–Trinajstić information content (AvgIpc) is 2.82. The third-order valence-corrected chi connectivity index (χ3v) is 5.41. The van der Waals surface area contributed by atoms with Gasteiger partial charge in [0.2, 0.25) is 17.7 Å². The van der Waals surface area contributed by atoms with Gasteiger partial charge in [0.05, 0.1) is 12.1 Å². The van der Waals surface area contributed by atoms with Gasteiger partial charge >= 0.3 is 0 Å². The zero-order chi connectivity index (χ0) is 23.4. The van der Waals surface area contributed by atoms with Crippen LogP contribution >= 0.6 is 0 Å². The fourth-order valence-electron chi connectivity index (χ4n) is 3.75. The number of nitrogens with one attached hydrogen (secondary N) is 2. The number of carbonyl (C=O) groups excluding carboxylic acids is 3. The molecular formula is C24H45N3O4. The molecule has 0 radical (unpaired) electrons. The second-order valence-corrected chi connectivity index (χ2v) is 10.1. The fourth-order valence-corrected chi connectivity index (χ4v) is 3.75. The second-order valence-electron chi connectivity index (χ2n) is 10.1. The molecule has 1 rings (SSSR count). The largest absolute Gasteiger partial charge is 0.376 e. The molecule has 31 heavy (non-hydrogen) atoms. The molecule has 2 N–H and O–H groups in total. The first-order chi connectivity index (χ1) is 14.5. The Morgan fingerprint density at radius 2 is 1.94 bits per heavy atom. The number of carbonyl (C=O) groups is 3. The molecule has 1 aliphatic heterocycles. The predicted octanol–water partition coefficient (Wildman–Crippen LogP) is 3.27. The Bertz CT molecular complexity index is 572. The van der Waals surface area contributed by atoms with E-state index < -0.39 is 6.04 Å². The first-order valence-electron chi connectivity index (χ1n) is 12.0. The zero-order valence-corrected chi connectivity index (χ0v) is 20.6. The van der Waals surface area contributed by atoms with Crippen molar-refractivity contribution < 1.29 is 19.1 Å². The van der Waals surface area contributed by atoms with Crippen LogP contribution < -0.4 is 10.6 Å². The number of nitrogens with zero attached hydrogens (tertiary/aromatic N) is 1. The van der Waals surface area contributed by atoms with Crippen LogP contribution in [0.3, 0.4) is 0 Å². The summed E-state index contributed by atoms with van der Waals surface area (Å²) in [5, 5.41) is 5.87. The van der Waals surface area contributed by atoms with Crippen molar-refractivity contribution in [3.8, 4) is 0 Å². The molecule has 0 bridgehead atoms. The van der Waals surface area contributed by atoms with Gasteiger partial charge in [-0.25, -0.2) is 0 Å². The molecule has 2 atom stereocenters. The van der Waals surface area contributed by atoms with Crippen LogP contribution in [0, 0.1) is 11.8 Å². The lowest BCUT2D eigenvalue weighted by Gasteiger charge is -2.27. The van der Waals surface area contributed by atoms with Crippen LogP contribution in [0.5, 0.6) is 0 Å². The van der Waals surface area contributed by atoms with Gasteiger partial charge in [-0.3, -0.25) is 14.4 Å². The highest BCUT2D eigenvalue weighted by Crippen LogP contribution is 2.19. The molecule has 1 aliphatic rings. The molecule has 0 aromatic rings. The molecule has 7 nitrogen and oxygen atoms in total. The third-order valence-electron chi connectivity index (χ3n) is 5.41. The molecule has 0 aliphatic carbocycles. The number of rotatable bonds is 12. The lowest BCUT2D eigenvalue weighted by molar-refractivity contribution is -0.139. The van der Waals surface area contributed by atoms with Gasteiger partial charge in [0, 0.05) is 25.6 Å². The summed E-state index contributed by atoms with van der Waals surface area (Å²) in [6.07, 6.45) is 5.63. The van der Waals surface area contributed by atoms with Gasteiger partial charge in [-0.05, 0) is 65.2 Å². The van der Waals surface area contributed by atoms with Gasteiger partial charge in [-0.2, -0.15) is 0 Å². The quantitative estimate of drug-likeness (QED) is 0.457. The first kappa shape index (κ1) is 27.4. The number of ether oxygens (including phenoxy) is 1. The smallest absolute Gasteiger partial charge is 0.245 e. The van der Waals surface area contributed by atoms with Crippen LogP contribution in [-0.2, 0) is 19.1 Å². The zero-order valence-electron chi connectivity index (χ0n) is 20.6. The summed E-state index contributed by atoms with van der Waals surface area (Å²) in [4.78, 5) is 39.9. The van der Waals surface area contributed by atoms with Crippen molar-refractivity contribution in [3.63, 3.8) is 0 Å². The Balaban J connectivity index is 2.70. The summed E-state index contributed by atoms with van der Waals surface area (Å²) < 4.78 is 5.82. The Hall–Kier alpha value is -1.63. The molecule has 0 spiro atoms. The number of amides is 3. The van der Waals surface area contributed by atoms with Crippen LogP contribution in [-0.4, -0.2) is 60.5 Å². The van der Waals surface area contributed by atoms with Crippen LogP contribution in [0.15, 0.2) is 0 Å². The van der Waals surface area contributed by atoms with Gasteiger partial charge in [0.25, 0.3) is 0 Å². The lowest BCUT2D eigenvalue weighted by atomic mass is 9.93. The second kappa shape index (κ2) is 13.7. The molecule has 1 heterocycles. The molecule has 1 unspecified atom stereocenters. The SMILES string of the molecule is CCCCNC(=O)CN1CCCC[C@H](NC(=O)C(CCOC(C)(C)C)CC(C)C)C1=O. The summed E-state index contributed by atoms with van der Waals surface area (Å²) >= 11 is 0. The molecule has 180 valence electrons. The number of unbranched alkanes of at least 4 members (excludes halogenated alkanes) is 1. The van der Waals surface area contributed by atoms with Crippen molar-refractivity contribution in [3.05, 3.63) is 0 Å². The minimum atomic E-state index is -0.559. The van der Waals surface area contributed by atoms with Gasteiger partial charge in [0.15, 0.2) is 0 Å². The van der Waals surface area contributed by atoms with Gasteiger partial charge in [-0.1, -0.05) is 27.2 Å². The highest BCUT2D eigenvalue weighted by molar-refractivity contribution is 5.91. The fraction of sp³-hybridized carbons (Fsp3) is 0.875. The van der Waals surface area contributed by atoms with Crippen molar-refractivity contribution >= 4 is 17.7 Å². The summed E-state index contributed by atoms with van der Waals surface area (Å²) in [6, 6.07) is -0.559. The van der Waals surface area contributed by atoms with Crippen LogP contribution in [0.2, 0.25) is 0 Å². The summed E-state index contributed by atoms with van der Waals surface area (Å²) in [7, 11) is 0. The minimum absolute atomic E-state index is 0.0593. The molecular weight excluding hydrogens is 394 g/mol. The maximum Gasteiger partial charge on any atom is 0.245 e. The molecule has 0 saturated carbocycles. The predicted molar refractivity (Wildman–Crippen MR) is 124 cm³/mol. The molecule has 7 heteroatoms. The summed E-state index contributed by atoms with van der Waals surface area (Å²) in [5.74, 6) is -0.182. The van der Waals surface area contributed by atoms with E-state index in [1.165, 1.54) is 0 Å². The van der Waals surface area contributed by atoms with Gasteiger partial charge in [0.1, 0.15) is 6.04 Å². The highest BCUT2D eigenvalue weighted by Gasteiger charge is 2.31. The molecule has 3 amide bonds. The summed E-state index contributed by atoms with van der Waals surface area (Å²) in [5.41, 5.74) is -0.242. The first-order valence-corrected chi connectivity index (χ1v) is 12.0. The van der Waals surface area contributed by atoms with E-state index in [0.29, 0.717) is 38.5 Å². The molecule has 1 saturated heterocycles. The van der Waals surface area contributed by atoms with E-state index in [0.717, 1.165) is 32.1 Å². The molecule has 1 fully saturated rings. The van der Waals surface area contributed by atoms with E-state index in [1.807, 2.05) is 20.8 Å². The normalized spacial score (nSPS) is 18.6. The maximum absolute atomic E-state index is 13.0. The summed E-state index contributed by atoms with van der Waals surface area (Å²) in [6.45, 7) is 14.0. The third kappa shape index (κ3) is 11.5. The van der Waals surface area contributed by atoms with Crippen molar-refractivity contribution in [1.29, 1.82) is 0 Å². The Morgan fingerprint density at radius 1 is 1.23 bits per heavy atom. The Labute approximate surface area is 189 Å². The highest BCUT2D eigenvalue weighted by atomic mass is 16.5. The van der Waals surface area contributed by atoms with Crippen LogP contribution in [0.4, 0.5) is 0 Å². The van der Waals surface area contributed by atoms with E-state index in [1.54, 1.807) is 4.90 Å². The lowest BCUT2D eigenvalue weighted by Crippen LogP contribution is -2.51. The van der Waals surface area contributed by atoms with Crippen molar-refractivity contribution in [2.45, 2.75) is 98.1 Å². The number of hydrogen-bond acceptors (Lipinski definition) is 4. The van der Waals surface area contributed by atoms with E-state index in [4.69, 9.17) is 4.74 Å².